The normalized spacial score (nSPS) is 32.2. The fourth-order valence-corrected chi connectivity index (χ4v) is 11.0. The number of hydrogen-bond acceptors (Lipinski definition) is 5. The maximum absolute atomic E-state index is 13.0. The molecule has 5 nitrogen and oxygen atoms in total. The molecule has 8 atom stereocenters. The molecule has 1 aromatic carbocycles. The van der Waals surface area contributed by atoms with Gasteiger partial charge in [0.15, 0.2) is 6.61 Å². The lowest BCUT2D eigenvalue weighted by molar-refractivity contribution is -0.154. The van der Waals surface area contributed by atoms with E-state index in [0.717, 1.165) is 77.7 Å². The molecular formula is C43H62O5. The molecule has 4 aliphatic carbocycles. The van der Waals surface area contributed by atoms with Gasteiger partial charge in [0, 0.05) is 23.4 Å². The molecule has 3 fully saturated rings. The van der Waals surface area contributed by atoms with E-state index < -0.39 is 0 Å². The predicted octanol–water partition coefficient (Wildman–Crippen LogP) is 10.8. The number of rotatable bonds is 11. The molecule has 6 unspecified atom stereocenters. The number of benzene rings is 1. The van der Waals surface area contributed by atoms with Crippen molar-refractivity contribution in [3.63, 3.8) is 0 Å². The molecular weight excluding hydrogens is 596 g/mol. The van der Waals surface area contributed by atoms with Crippen molar-refractivity contribution in [3.8, 4) is 5.75 Å². The van der Waals surface area contributed by atoms with Crippen molar-refractivity contribution < 1.29 is 18.7 Å². The van der Waals surface area contributed by atoms with Gasteiger partial charge in [-0.15, -0.1) is 0 Å². The van der Waals surface area contributed by atoms with Gasteiger partial charge in [-0.3, -0.25) is 0 Å². The minimum atomic E-state index is -0.336. The van der Waals surface area contributed by atoms with E-state index in [1.165, 1.54) is 63.4 Å². The van der Waals surface area contributed by atoms with E-state index in [0.29, 0.717) is 23.2 Å². The minimum absolute atomic E-state index is 0.0901. The molecule has 2 aromatic rings. The Kier molecular flexibility index (Phi) is 10.5. The Bertz CT molecular complexity index is 1550. The molecule has 3 saturated carbocycles. The largest absolute Gasteiger partial charge is 0.482 e. The van der Waals surface area contributed by atoms with Crippen LogP contribution in [0.2, 0.25) is 0 Å². The maximum atomic E-state index is 13.0. The van der Waals surface area contributed by atoms with Crippen molar-refractivity contribution in [1.29, 1.82) is 0 Å². The molecule has 1 aromatic heterocycles. The van der Waals surface area contributed by atoms with Crippen LogP contribution in [0.3, 0.4) is 0 Å². The van der Waals surface area contributed by atoms with Gasteiger partial charge in [0.25, 0.3) is 0 Å². The van der Waals surface area contributed by atoms with Gasteiger partial charge < -0.3 is 13.9 Å². The smallest absolute Gasteiger partial charge is 0.344 e. The number of carbonyl (C=O) groups excluding carboxylic acids is 1. The van der Waals surface area contributed by atoms with E-state index in [1.54, 1.807) is 6.07 Å². The van der Waals surface area contributed by atoms with Gasteiger partial charge in [-0.05, 0) is 129 Å². The molecule has 0 bridgehead atoms. The van der Waals surface area contributed by atoms with Gasteiger partial charge in [0.1, 0.15) is 17.4 Å². The summed E-state index contributed by atoms with van der Waals surface area (Å²) in [5, 5.41) is 0.901. The SMILES string of the molecule is CCCc1c(C)c2ccc(OCC(=O)OC3CC[C@@]4(C)C(=CCC5C6CCC(C(C)CCCC(C)C)C[C@@]6(C)CCC54)C3)cc2oc1=O. The van der Waals surface area contributed by atoms with Crippen LogP contribution >= 0.6 is 0 Å². The molecule has 0 saturated heterocycles. The number of carbonyl (C=O) groups is 1. The zero-order valence-corrected chi connectivity index (χ0v) is 31.0. The standard InChI is InChI=1S/C43H62O5/c1-8-10-35-29(5)34-17-15-32(24-39(34)48-41(35)45)46-26-40(44)47-33-19-22-43(7)31(23-33)14-16-36-37-18-13-30(28(4)12-9-11-27(2)3)25-42(37,6)21-20-38(36)43/h14-15,17,24,27-28,30,33,36-38H,8-13,16,18-23,25-26H2,1-7H3/t28?,30?,33?,36?,37?,38?,42-,43+/m1/s1. The van der Waals surface area contributed by atoms with E-state index in [1.807, 2.05) is 19.1 Å². The molecule has 0 N–H and O–H groups in total. The third-order valence-corrected chi connectivity index (χ3v) is 13.8. The summed E-state index contributed by atoms with van der Waals surface area (Å²) < 4.78 is 17.4. The molecule has 264 valence electrons. The maximum Gasteiger partial charge on any atom is 0.344 e. The molecule has 0 spiro atoms. The summed E-state index contributed by atoms with van der Waals surface area (Å²) in [4.78, 5) is 25.5. The lowest BCUT2D eigenvalue weighted by Crippen LogP contribution is -2.52. The monoisotopic (exact) mass is 658 g/mol. The average Bonchev–Trinajstić information content (AvgIpc) is 3.04. The predicted molar refractivity (Wildman–Crippen MR) is 194 cm³/mol. The van der Waals surface area contributed by atoms with Crippen LogP contribution in [-0.4, -0.2) is 18.7 Å². The fraction of sp³-hybridized carbons (Fsp3) is 0.721. The highest BCUT2D eigenvalue weighted by Gasteiger charge is 2.56. The van der Waals surface area contributed by atoms with Crippen LogP contribution in [0.15, 0.2) is 39.1 Å². The Morgan fingerprint density at radius 3 is 2.62 bits per heavy atom. The number of hydrogen-bond donors (Lipinski definition) is 0. The van der Waals surface area contributed by atoms with Crippen LogP contribution in [0.25, 0.3) is 11.0 Å². The first-order chi connectivity index (χ1) is 22.9. The van der Waals surface area contributed by atoms with Crippen molar-refractivity contribution in [2.24, 2.45) is 46.3 Å². The molecule has 6 rings (SSSR count). The van der Waals surface area contributed by atoms with E-state index in [9.17, 15) is 9.59 Å². The zero-order valence-electron chi connectivity index (χ0n) is 31.0. The van der Waals surface area contributed by atoms with Crippen molar-refractivity contribution in [1.82, 2.24) is 0 Å². The Morgan fingerprint density at radius 2 is 1.85 bits per heavy atom. The first kappa shape index (κ1) is 35.3. The fourth-order valence-electron chi connectivity index (χ4n) is 11.0. The molecule has 4 aliphatic rings. The van der Waals surface area contributed by atoms with Crippen LogP contribution < -0.4 is 10.4 Å². The summed E-state index contributed by atoms with van der Waals surface area (Å²) in [5.74, 6) is 5.15. The summed E-state index contributed by atoms with van der Waals surface area (Å²) in [6.07, 6.45) is 19.3. The molecule has 0 radical (unpaired) electrons. The van der Waals surface area contributed by atoms with E-state index >= 15 is 0 Å². The second-order valence-corrected chi connectivity index (χ2v) is 17.3. The highest BCUT2D eigenvalue weighted by atomic mass is 16.6. The second kappa shape index (κ2) is 14.4. The third-order valence-electron chi connectivity index (χ3n) is 13.8. The number of esters is 1. The van der Waals surface area contributed by atoms with Crippen molar-refractivity contribution in [2.45, 2.75) is 144 Å². The highest BCUT2D eigenvalue weighted by molar-refractivity contribution is 5.82. The van der Waals surface area contributed by atoms with Gasteiger partial charge in [0.2, 0.25) is 0 Å². The van der Waals surface area contributed by atoms with E-state index in [-0.39, 0.29) is 29.7 Å². The summed E-state index contributed by atoms with van der Waals surface area (Å²) in [7, 11) is 0. The summed E-state index contributed by atoms with van der Waals surface area (Å²) in [5.41, 5.74) is 4.14. The number of ether oxygens (including phenoxy) is 2. The quantitative estimate of drug-likeness (QED) is 0.137. The topological polar surface area (TPSA) is 65.7 Å². The van der Waals surface area contributed by atoms with Crippen LogP contribution in [0, 0.1) is 53.3 Å². The number of allylic oxidation sites excluding steroid dienone is 1. The average molecular weight is 659 g/mol. The van der Waals surface area contributed by atoms with Gasteiger partial charge in [0.05, 0.1) is 0 Å². The lowest BCUT2D eigenvalue weighted by atomic mass is 9.44. The van der Waals surface area contributed by atoms with Gasteiger partial charge in [-0.25, -0.2) is 9.59 Å². The first-order valence-electron chi connectivity index (χ1n) is 19.5. The van der Waals surface area contributed by atoms with Gasteiger partial charge in [-0.2, -0.15) is 0 Å². The molecule has 0 aliphatic heterocycles. The van der Waals surface area contributed by atoms with Gasteiger partial charge >= 0.3 is 11.6 Å². The zero-order chi connectivity index (χ0) is 34.2. The lowest BCUT2D eigenvalue weighted by Gasteiger charge is -2.61. The van der Waals surface area contributed by atoms with Crippen molar-refractivity contribution >= 4 is 16.9 Å². The Morgan fingerprint density at radius 1 is 1.04 bits per heavy atom. The number of fused-ring (bicyclic) bond motifs is 6. The van der Waals surface area contributed by atoms with Crippen LogP contribution in [0.1, 0.15) is 136 Å². The van der Waals surface area contributed by atoms with Gasteiger partial charge in [-0.1, -0.05) is 78.9 Å². The van der Waals surface area contributed by atoms with Crippen LogP contribution in [-0.2, 0) is 16.0 Å². The molecule has 5 heteroatoms. The molecule has 1 heterocycles. The number of aryl methyl sites for hydroxylation is 1. The highest BCUT2D eigenvalue weighted by Crippen LogP contribution is 2.65. The Hall–Kier alpha value is -2.56. The summed E-state index contributed by atoms with van der Waals surface area (Å²) in [6, 6.07) is 5.45. The van der Waals surface area contributed by atoms with E-state index in [2.05, 4.69) is 47.6 Å². The van der Waals surface area contributed by atoms with Crippen LogP contribution in [0.5, 0.6) is 5.75 Å². The first-order valence-corrected chi connectivity index (χ1v) is 19.5. The van der Waals surface area contributed by atoms with E-state index in [4.69, 9.17) is 13.9 Å². The molecule has 48 heavy (non-hydrogen) atoms. The van der Waals surface area contributed by atoms with Crippen LogP contribution in [0.4, 0.5) is 0 Å². The Balaban J connectivity index is 1.03. The third kappa shape index (κ3) is 7.04. The van der Waals surface area contributed by atoms with Crippen molar-refractivity contribution in [2.75, 3.05) is 6.61 Å². The Labute approximate surface area is 289 Å². The summed E-state index contributed by atoms with van der Waals surface area (Å²) in [6.45, 7) is 16.3. The van der Waals surface area contributed by atoms with Crippen molar-refractivity contribution in [3.05, 3.63) is 51.4 Å². The summed E-state index contributed by atoms with van der Waals surface area (Å²) >= 11 is 0. The second-order valence-electron chi connectivity index (χ2n) is 17.3. The molecule has 0 amide bonds. The minimum Gasteiger partial charge on any atom is -0.482 e.